The van der Waals surface area contributed by atoms with Crippen molar-refractivity contribution in [3.8, 4) is 0 Å². The van der Waals surface area contributed by atoms with E-state index in [1.165, 1.54) is 11.3 Å². The zero-order chi connectivity index (χ0) is 17.3. The minimum Gasteiger partial charge on any atom is -0.304 e. The first-order valence-electron chi connectivity index (χ1n) is 8.67. The Bertz CT molecular complexity index is 968. The summed E-state index contributed by atoms with van der Waals surface area (Å²) in [7, 11) is 0. The van der Waals surface area contributed by atoms with Crippen LogP contribution < -0.4 is 0 Å². The molecule has 4 aromatic heterocycles. The highest BCUT2D eigenvalue weighted by atomic mass is 15.3. The van der Waals surface area contributed by atoms with E-state index in [4.69, 9.17) is 15.1 Å². The van der Waals surface area contributed by atoms with E-state index in [0.717, 1.165) is 40.6 Å². The molecule has 6 heteroatoms. The van der Waals surface area contributed by atoms with Gasteiger partial charge in [-0.05, 0) is 45.7 Å². The lowest BCUT2D eigenvalue weighted by Gasteiger charge is -2.00. The molecule has 2 unspecified atom stereocenters. The quantitative estimate of drug-likeness (QED) is 0.565. The van der Waals surface area contributed by atoms with Gasteiger partial charge in [-0.3, -0.25) is 4.98 Å². The van der Waals surface area contributed by atoms with Crippen LogP contribution in [0.5, 0.6) is 0 Å². The normalized spacial score (nSPS) is 19.8. The van der Waals surface area contributed by atoms with Gasteiger partial charge in [0.2, 0.25) is 0 Å². The SMILES string of the molecule is Cc1ccc(C)n2cc(C3CC3c3nc4c(C)ncc(C)n4n3)nc12. The van der Waals surface area contributed by atoms with Crippen molar-refractivity contribution in [2.24, 2.45) is 0 Å². The maximum Gasteiger partial charge on any atom is 0.177 e. The lowest BCUT2D eigenvalue weighted by Crippen LogP contribution is -1.97. The molecule has 0 bridgehead atoms. The minimum atomic E-state index is 0.351. The summed E-state index contributed by atoms with van der Waals surface area (Å²) in [6, 6.07) is 4.27. The van der Waals surface area contributed by atoms with Gasteiger partial charge >= 0.3 is 0 Å². The summed E-state index contributed by atoms with van der Waals surface area (Å²) in [5.74, 6) is 1.67. The van der Waals surface area contributed by atoms with Crippen molar-refractivity contribution in [1.29, 1.82) is 0 Å². The van der Waals surface area contributed by atoms with Crippen molar-refractivity contribution in [2.75, 3.05) is 0 Å². The van der Waals surface area contributed by atoms with Gasteiger partial charge < -0.3 is 4.40 Å². The third kappa shape index (κ3) is 2.10. The van der Waals surface area contributed by atoms with Gasteiger partial charge in [-0.2, -0.15) is 5.10 Å². The molecule has 5 rings (SSSR count). The molecule has 1 fully saturated rings. The number of fused-ring (bicyclic) bond motifs is 2. The molecule has 2 atom stereocenters. The maximum absolute atomic E-state index is 4.89. The molecule has 0 amide bonds. The molecule has 4 heterocycles. The first-order valence-corrected chi connectivity index (χ1v) is 8.67. The third-order valence-corrected chi connectivity index (χ3v) is 5.26. The molecule has 0 radical (unpaired) electrons. The Morgan fingerprint density at radius 3 is 2.56 bits per heavy atom. The summed E-state index contributed by atoms with van der Waals surface area (Å²) in [5.41, 5.74) is 7.41. The zero-order valence-electron chi connectivity index (χ0n) is 14.9. The van der Waals surface area contributed by atoms with Crippen LogP contribution in [-0.2, 0) is 0 Å². The van der Waals surface area contributed by atoms with Crippen LogP contribution in [0, 0.1) is 27.7 Å². The molecular formula is C19H20N6. The molecule has 4 aromatic rings. The summed E-state index contributed by atoms with van der Waals surface area (Å²) in [5, 5.41) is 4.73. The Morgan fingerprint density at radius 1 is 0.960 bits per heavy atom. The van der Waals surface area contributed by atoms with E-state index in [2.05, 4.69) is 41.6 Å². The topological polar surface area (TPSA) is 60.4 Å². The number of aromatic nitrogens is 6. The van der Waals surface area contributed by atoms with Gasteiger partial charge in [-0.25, -0.2) is 14.5 Å². The van der Waals surface area contributed by atoms with E-state index in [-0.39, 0.29) is 0 Å². The summed E-state index contributed by atoms with van der Waals surface area (Å²) >= 11 is 0. The average molecular weight is 332 g/mol. The second-order valence-electron chi connectivity index (χ2n) is 7.16. The highest BCUT2D eigenvalue weighted by molar-refractivity contribution is 5.51. The second kappa shape index (κ2) is 4.88. The predicted molar refractivity (Wildman–Crippen MR) is 95.0 cm³/mol. The smallest absolute Gasteiger partial charge is 0.177 e. The number of hydrogen-bond donors (Lipinski definition) is 0. The highest BCUT2D eigenvalue weighted by Gasteiger charge is 2.44. The van der Waals surface area contributed by atoms with Crippen molar-refractivity contribution in [3.05, 3.63) is 58.7 Å². The highest BCUT2D eigenvalue weighted by Crippen LogP contribution is 2.53. The Kier molecular flexibility index (Phi) is 2.84. The molecule has 1 saturated carbocycles. The standard InChI is InChI=1S/C19H20N6/c1-10-5-6-11(2)24-9-16(21-18(10)24)14-7-15(14)17-22-19-13(4)20-8-12(3)25(19)23-17/h5-6,8-9,14-15H,7H2,1-4H3. The molecule has 0 aliphatic heterocycles. The van der Waals surface area contributed by atoms with Gasteiger partial charge in [0.1, 0.15) is 5.65 Å². The summed E-state index contributed by atoms with van der Waals surface area (Å²) in [6.45, 7) is 8.21. The molecular weight excluding hydrogens is 312 g/mol. The fourth-order valence-corrected chi connectivity index (χ4v) is 3.60. The number of aryl methyl sites for hydroxylation is 4. The van der Waals surface area contributed by atoms with Gasteiger partial charge in [0, 0.05) is 29.9 Å². The predicted octanol–water partition coefficient (Wildman–Crippen LogP) is 3.28. The van der Waals surface area contributed by atoms with E-state index in [1.54, 1.807) is 0 Å². The fraction of sp³-hybridized carbons (Fsp3) is 0.368. The molecule has 0 N–H and O–H groups in total. The third-order valence-electron chi connectivity index (χ3n) is 5.26. The van der Waals surface area contributed by atoms with Crippen LogP contribution in [0.3, 0.4) is 0 Å². The van der Waals surface area contributed by atoms with Crippen LogP contribution in [0.1, 0.15) is 52.4 Å². The zero-order valence-corrected chi connectivity index (χ0v) is 14.9. The molecule has 25 heavy (non-hydrogen) atoms. The summed E-state index contributed by atoms with van der Waals surface area (Å²) in [6.07, 6.45) is 5.08. The van der Waals surface area contributed by atoms with Crippen LogP contribution in [0.4, 0.5) is 0 Å². The first-order chi connectivity index (χ1) is 12.0. The van der Waals surface area contributed by atoms with Crippen molar-refractivity contribution < 1.29 is 0 Å². The van der Waals surface area contributed by atoms with Crippen molar-refractivity contribution >= 4 is 11.3 Å². The summed E-state index contributed by atoms with van der Waals surface area (Å²) < 4.78 is 4.10. The fourth-order valence-electron chi connectivity index (χ4n) is 3.60. The number of imidazole rings is 1. The number of pyridine rings is 1. The first kappa shape index (κ1) is 14.6. The van der Waals surface area contributed by atoms with Gasteiger partial charge in [0.15, 0.2) is 11.5 Å². The van der Waals surface area contributed by atoms with E-state index in [9.17, 15) is 0 Å². The van der Waals surface area contributed by atoms with E-state index < -0.39 is 0 Å². The van der Waals surface area contributed by atoms with Gasteiger partial charge in [-0.15, -0.1) is 0 Å². The lowest BCUT2D eigenvalue weighted by atomic mass is 10.2. The molecule has 0 aromatic carbocycles. The molecule has 0 spiro atoms. The second-order valence-corrected chi connectivity index (χ2v) is 7.16. The molecule has 0 saturated heterocycles. The monoisotopic (exact) mass is 332 g/mol. The number of rotatable bonds is 2. The van der Waals surface area contributed by atoms with Crippen molar-refractivity contribution in [2.45, 2.75) is 46.0 Å². The van der Waals surface area contributed by atoms with Crippen LogP contribution in [0.15, 0.2) is 24.5 Å². The van der Waals surface area contributed by atoms with Gasteiger partial charge in [0.05, 0.1) is 17.1 Å². The van der Waals surface area contributed by atoms with E-state index in [1.807, 2.05) is 24.6 Å². The van der Waals surface area contributed by atoms with Crippen LogP contribution in [0.2, 0.25) is 0 Å². The lowest BCUT2D eigenvalue weighted by molar-refractivity contribution is 0.829. The Labute approximate surface area is 145 Å². The minimum absolute atomic E-state index is 0.351. The van der Waals surface area contributed by atoms with Gasteiger partial charge in [0.25, 0.3) is 0 Å². The Hall–Kier alpha value is -2.76. The molecule has 6 nitrogen and oxygen atoms in total. The van der Waals surface area contributed by atoms with Crippen molar-refractivity contribution in [3.63, 3.8) is 0 Å². The van der Waals surface area contributed by atoms with E-state index >= 15 is 0 Å². The van der Waals surface area contributed by atoms with Crippen molar-refractivity contribution in [1.82, 2.24) is 29.0 Å². The van der Waals surface area contributed by atoms with Gasteiger partial charge in [-0.1, -0.05) is 6.07 Å². The van der Waals surface area contributed by atoms with E-state index in [0.29, 0.717) is 11.8 Å². The Balaban J connectivity index is 1.53. The molecule has 1 aliphatic carbocycles. The largest absolute Gasteiger partial charge is 0.304 e. The average Bonchev–Trinajstić information content (AvgIpc) is 3.06. The van der Waals surface area contributed by atoms with Crippen LogP contribution in [0.25, 0.3) is 11.3 Å². The van der Waals surface area contributed by atoms with Crippen LogP contribution >= 0.6 is 0 Å². The summed E-state index contributed by atoms with van der Waals surface area (Å²) in [4.78, 5) is 14.0. The Morgan fingerprint density at radius 2 is 1.80 bits per heavy atom. The number of hydrogen-bond acceptors (Lipinski definition) is 4. The molecule has 1 aliphatic rings. The molecule has 126 valence electrons. The van der Waals surface area contributed by atoms with Crippen LogP contribution in [-0.4, -0.2) is 29.0 Å². The maximum atomic E-state index is 4.89. The number of nitrogens with zero attached hydrogens (tertiary/aromatic N) is 6.